The molecule has 0 aliphatic heterocycles. The molecule has 0 atom stereocenters. The van der Waals surface area contributed by atoms with Gasteiger partial charge >= 0.3 is 0 Å². The predicted molar refractivity (Wildman–Crippen MR) is 75.3 cm³/mol. The highest BCUT2D eigenvalue weighted by Crippen LogP contribution is 2.17. The van der Waals surface area contributed by atoms with Crippen LogP contribution in [0.5, 0.6) is 0 Å². The van der Waals surface area contributed by atoms with Crippen LogP contribution in [0.1, 0.15) is 19.0 Å². The summed E-state index contributed by atoms with van der Waals surface area (Å²) < 4.78 is 3.24. The van der Waals surface area contributed by atoms with E-state index in [0.717, 1.165) is 43.5 Å². The van der Waals surface area contributed by atoms with Crippen molar-refractivity contribution in [2.75, 3.05) is 33.7 Å². The maximum absolute atomic E-state index is 4.41. The fourth-order valence-electron chi connectivity index (χ4n) is 1.68. The van der Waals surface area contributed by atoms with E-state index in [9.17, 15) is 0 Å². The SMILES string of the molecule is CCNCCCc1c(Br)cnn1CCN(C)C. The van der Waals surface area contributed by atoms with Crippen LogP contribution in [-0.2, 0) is 13.0 Å². The Kier molecular flexibility index (Phi) is 6.77. The minimum absolute atomic E-state index is 0.954. The molecule has 1 N–H and O–H groups in total. The summed E-state index contributed by atoms with van der Waals surface area (Å²) in [4.78, 5) is 2.18. The Labute approximate surface area is 113 Å². The lowest BCUT2D eigenvalue weighted by atomic mass is 10.2. The van der Waals surface area contributed by atoms with Crippen molar-refractivity contribution in [3.8, 4) is 0 Å². The molecule has 1 heterocycles. The Balaban J connectivity index is 2.47. The number of nitrogens with zero attached hydrogens (tertiary/aromatic N) is 3. The summed E-state index contributed by atoms with van der Waals surface area (Å²) in [6.45, 7) is 6.23. The molecular formula is C12H23BrN4. The molecule has 0 aromatic carbocycles. The third kappa shape index (κ3) is 5.19. The Morgan fingerprint density at radius 1 is 1.47 bits per heavy atom. The van der Waals surface area contributed by atoms with E-state index in [4.69, 9.17) is 0 Å². The highest BCUT2D eigenvalue weighted by atomic mass is 79.9. The maximum atomic E-state index is 4.41. The van der Waals surface area contributed by atoms with Gasteiger partial charge in [-0.2, -0.15) is 5.10 Å². The van der Waals surface area contributed by atoms with Crippen LogP contribution in [-0.4, -0.2) is 48.4 Å². The molecule has 1 aromatic rings. The van der Waals surface area contributed by atoms with Crippen LogP contribution >= 0.6 is 15.9 Å². The van der Waals surface area contributed by atoms with Crippen molar-refractivity contribution in [3.05, 3.63) is 16.4 Å². The van der Waals surface area contributed by atoms with Gasteiger partial charge in [-0.1, -0.05) is 6.92 Å². The normalized spacial score (nSPS) is 11.4. The minimum atomic E-state index is 0.954. The van der Waals surface area contributed by atoms with Crippen LogP contribution < -0.4 is 5.32 Å². The lowest BCUT2D eigenvalue weighted by Gasteiger charge is -2.12. The van der Waals surface area contributed by atoms with Gasteiger partial charge in [0.15, 0.2) is 0 Å². The number of rotatable bonds is 8. The van der Waals surface area contributed by atoms with E-state index in [-0.39, 0.29) is 0 Å². The van der Waals surface area contributed by atoms with Gasteiger partial charge in [0.25, 0.3) is 0 Å². The summed E-state index contributed by atoms with van der Waals surface area (Å²) >= 11 is 3.58. The lowest BCUT2D eigenvalue weighted by molar-refractivity contribution is 0.369. The third-order valence-electron chi connectivity index (χ3n) is 2.67. The van der Waals surface area contributed by atoms with E-state index in [1.165, 1.54) is 5.69 Å². The second-order valence-corrected chi connectivity index (χ2v) is 5.28. The predicted octanol–water partition coefficient (Wildman–Crippen LogP) is 1.75. The molecule has 0 unspecified atom stereocenters. The van der Waals surface area contributed by atoms with E-state index in [1.54, 1.807) is 0 Å². The van der Waals surface area contributed by atoms with Gasteiger partial charge in [0.1, 0.15) is 0 Å². The first-order valence-corrected chi connectivity index (χ1v) is 7.00. The monoisotopic (exact) mass is 302 g/mol. The van der Waals surface area contributed by atoms with Gasteiger partial charge in [-0.25, -0.2) is 0 Å². The van der Waals surface area contributed by atoms with Crippen molar-refractivity contribution in [1.29, 1.82) is 0 Å². The molecule has 5 heteroatoms. The van der Waals surface area contributed by atoms with Crippen molar-refractivity contribution in [2.24, 2.45) is 0 Å². The van der Waals surface area contributed by atoms with Crippen molar-refractivity contribution in [1.82, 2.24) is 20.0 Å². The first-order chi connectivity index (χ1) is 8.15. The van der Waals surface area contributed by atoms with Crippen molar-refractivity contribution < 1.29 is 0 Å². The van der Waals surface area contributed by atoms with Crippen molar-refractivity contribution >= 4 is 15.9 Å². The van der Waals surface area contributed by atoms with Crippen LogP contribution in [0.4, 0.5) is 0 Å². The van der Waals surface area contributed by atoms with E-state index < -0.39 is 0 Å². The largest absolute Gasteiger partial charge is 0.317 e. The molecular weight excluding hydrogens is 280 g/mol. The maximum Gasteiger partial charge on any atom is 0.0635 e. The van der Waals surface area contributed by atoms with Gasteiger partial charge in [-0.15, -0.1) is 0 Å². The molecule has 0 bridgehead atoms. The summed E-state index contributed by atoms with van der Waals surface area (Å²) in [6.07, 6.45) is 4.12. The van der Waals surface area contributed by atoms with E-state index >= 15 is 0 Å². The van der Waals surface area contributed by atoms with Crippen LogP contribution in [0.15, 0.2) is 10.7 Å². The zero-order valence-electron chi connectivity index (χ0n) is 11.0. The lowest BCUT2D eigenvalue weighted by Crippen LogP contribution is -2.21. The summed E-state index contributed by atoms with van der Waals surface area (Å²) in [6, 6.07) is 0. The molecule has 0 saturated carbocycles. The fraction of sp³-hybridized carbons (Fsp3) is 0.750. The molecule has 0 amide bonds. The van der Waals surface area contributed by atoms with Crippen molar-refractivity contribution in [2.45, 2.75) is 26.3 Å². The Hall–Kier alpha value is -0.390. The molecule has 0 fully saturated rings. The zero-order valence-corrected chi connectivity index (χ0v) is 12.6. The number of nitrogens with one attached hydrogen (secondary N) is 1. The smallest absolute Gasteiger partial charge is 0.0635 e. The number of halogens is 1. The first-order valence-electron chi connectivity index (χ1n) is 6.20. The molecule has 1 aromatic heterocycles. The summed E-state index contributed by atoms with van der Waals surface area (Å²) in [5, 5.41) is 7.76. The Bertz CT molecular complexity index is 322. The number of hydrogen-bond donors (Lipinski definition) is 1. The summed E-state index contributed by atoms with van der Waals surface area (Å²) in [7, 11) is 4.17. The van der Waals surface area contributed by atoms with E-state index in [2.05, 4.69) is 56.9 Å². The van der Waals surface area contributed by atoms with Gasteiger partial charge in [-0.3, -0.25) is 4.68 Å². The molecule has 0 saturated heterocycles. The summed E-state index contributed by atoms with van der Waals surface area (Å²) in [5.74, 6) is 0. The average molecular weight is 303 g/mol. The second-order valence-electron chi connectivity index (χ2n) is 4.42. The number of aromatic nitrogens is 2. The Morgan fingerprint density at radius 3 is 2.88 bits per heavy atom. The van der Waals surface area contributed by atoms with Gasteiger partial charge in [0, 0.05) is 6.54 Å². The molecule has 0 aliphatic carbocycles. The highest BCUT2D eigenvalue weighted by Gasteiger charge is 2.08. The topological polar surface area (TPSA) is 33.1 Å². The van der Waals surface area contributed by atoms with Crippen LogP contribution in [0, 0.1) is 0 Å². The quantitative estimate of drug-likeness (QED) is 0.743. The van der Waals surface area contributed by atoms with E-state index in [1.807, 2.05) is 6.20 Å². The first kappa shape index (κ1) is 14.7. The van der Waals surface area contributed by atoms with Crippen LogP contribution in [0.2, 0.25) is 0 Å². The third-order valence-corrected chi connectivity index (χ3v) is 3.34. The number of hydrogen-bond acceptors (Lipinski definition) is 3. The molecule has 1 rings (SSSR count). The standard InChI is InChI=1S/C12H23BrN4/c1-4-14-7-5-6-12-11(13)10-15-17(12)9-8-16(2)3/h10,14H,4-9H2,1-3H3. The number of likely N-dealkylation sites (N-methyl/N-ethyl adjacent to an activating group) is 1. The van der Waals surface area contributed by atoms with E-state index in [0.29, 0.717) is 0 Å². The molecule has 17 heavy (non-hydrogen) atoms. The van der Waals surface area contributed by atoms with Gasteiger partial charge < -0.3 is 10.2 Å². The van der Waals surface area contributed by atoms with Gasteiger partial charge in [-0.05, 0) is 56.0 Å². The molecule has 98 valence electrons. The zero-order chi connectivity index (χ0) is 12.7. The fourth-order valence-corrected chi connectivity index (χ4v) is 2.18. The van der Waals surface area contributed by atoms with Gasteiger partial charge in [0.05, 0.1) is 22.9 Å². The highest BCUT2D eigenvalue weighted by molar-refractivity contribution is 9.10. The molecule has 0 radical (unpaired) electrons. The summed E-state index contributed by atoms with van der Waals surface area (Å²) in [5.41, 5.74) is 1.31. The molecule has 4 nitrogen and oxygen atoms in total. The Morgan fingerprint density at radius 2 is 2.24 bits per heavy atom. The van der Waals surface area contributed by atoms with Gasteiger partial charge in [0.2, 0.25) is 0 Å². The minimum Gasteiger partial charge on any atom is -0.317 e. The van der Waals surface area contributed by atoms with Crippen LogP contribution in [0.25, 0.3) is 0 Å². The van der Waals surface area contributed by atoms with Crippen LogP contribution in [0.3, 0.4) is 0 Å². The van der Waals surface area contributed by atoms with Crippen molar-refractivity contribution in [3.63, 3.8) is 0 Å². The molecule has 0 aliphatic rings. The average Bonchev–Trinajstić information content (AvgIpc) is 2.63. The second kappa shape index (κ2) is 7.84. The molecule has 0 spiro atoms.